The molecular weight excluding hydrogens is 318 g/mol. The molecule has 1 aromatic heterocycles. The van der Waals surface area contributed by atoms with E-state index in [9.17, 15) is 4.79 Å². The zero-order valence-electron chi connectivity index (χ0n) is 15.0. The largest absolute Gasteiger partial charge is 0.462 e. The fourth-order valence-electron chi connectivity index (χ4n) is 2.84. The second-order valence-corrected chi connectivity index (χ2v) is 6.60. The molecule has 2 aromatic rings. The fraction of sp³-hybridized carbons (Fsp3) is 0.444. The van der Waals surface area contributed by atoms with Gasteiger partial charge in [-0.1, -0.05) is 50.1 Å². The Balaban J connectivity index is 2.01. The molecule has 0 spiro atoms. The standard InChI is InChI=1S/C18H23N5O2/c1-5-13-6-8-14(9-7-13)16-15(17(24)25-10-11(2)3)12(4)19-18-20-21-22-23(16)18/h6-9,11,16H,5,10H2,1-4H3,(H,19,20,22). The summed E-state index contributed by atoms with van der Waals surface area (Å²) >= 11 is 0. The summed E-state index contributed by atoms with van der Waals surface area (Å²) in [6, 6.07) is 7.76. The second kappa shape index (κ2) is 7.04. The number of benzene rings is 1. The zero-order valence-corrected chi connectivity index (χ0v) is 15.0. The fourth-order valence-corrected chi connectivity index (χ4v) is 2.84. The molecule has 1 N–H and O–H groups in total. The smallest absolute Gasteiger partial charge is 0.338 e. The van der Waals surface area contributed by atoms with Gasteiger partial charge in [0.15, 0.2) is 0 Å². The molecule has 0 fully saturated rings. The molecule has 1 atom stereocenters. The van der Waals surface area contributed by atoms with Gasteiger partial charge in [0.25, 0.3) is 0 Å². The molecule has 0 radical (unpaired) electrons. The molecule has 7 nitrogen and oxygen atoms in total. The number of tetrazole rings is 1. The summed E-state index contributed by atoms with van der Waals surface area (Å²) in [4.78, 5) is 12.7. The average Bonchev–Trinajstić information content (AvgIpc) is 3.06. The molecule has 2 heterocycles. The number of anilines is 1. The summed E-state index contributed by atoms with van der Waals surface area (Å²) in [5, 5.41) is 14.9. The summed E-state index contributed by atoms with van der Waals surface area (Å²) < 4.78 is 7.11. The minimum Gasteiger partial charge on any atom is -0.462 e. The van der Waals surface area contributed by atoms with Crippen LogP contribution in [-0.2, 0) is 16.0 Å². The molecule has 1 aliphatic heterocycles. The number of hydrogen-bond acceptors (Lipinski definition) is 6. The van der Waals surface area contributed by atoms with Gasteiger partial charge in [-0.15, -0.1) is 0 Å². The number of carbonyl (C=O) groups excluding carboxylic acids is 1. The molecule has 1 unspecified atom stereocenters. The number of esters is 1. The number of rotatable bonds is 5. The van der Waals surface area contributed by atoms with Crippen LogP contribution >= 0.6 is 0 Å². The summed E-state index contributed by atoms with van der Waals surface area (Å²) in [6.07, 6.45) is 0.959. The number of carbonyl (C=O) groups is 1. The summed E-state index contributed by atoms with van der Waals surface area (Å²) in [6.45, 7) is 8.34. The van der Waals surface area contributed by atoms with Gasteiger partial charge < -0.3 is 10.1 Å². The maximum Gasteiger partial charge on any atom is 0.338 e. The minimum atomic E-state index is -0.406. The summed E-state index contributed by atoms with van der Waals surface area (Å²) in [5.74, 6) is 0.444. The minimum absolute atomic E-state index is 0.271. The van der Waals surface area contributed by atoms with E-state index in [0.29, 0.717) is 23.8 Å². The Labute approximate surface area is 147 Å². The highest BCUT2D eigenvalue weighted by Crippen LogP contribution is 2.35. The van der Waals surface area contributed by atoms with Crippen LogP contribution in [0.4, 0.5) is 5.95 Å². The van der Waals surface area contributed by atoms with Crippen LogP contribution in [0.5, 0.6) is 0 Å². The van der Waals surface area contributed by atoms with E-state index in [1.165, 1.54) is 5.56 Å². The Bertz CT molecular complexity index is 792. The van der Waals surface area contributed by atoms with Crippen molar-refractivity contribution in [2.45, 2.75) is 40.2 Å². The van der Waals surface area contributed by atoms with E-state index < -0.39 is 6.04 Å². The topological polar surface area (TPSA) is 81.9 Å². The highest BCUT2D eigenvalue weighted by Gasteiger charge is 2.34. The molecule has 0 amide bonds. The van der Waals surface area contributed by atoms with Gasteiger partial charge in [0.1, 0.15) is 6.04 Å². The molecule has 0 saturated heterocycles. The highest BCUT2D eigenvalue weighted by atomic mass is 16.5. The van der Waals surface area contributed by atoms with E-state index in [2.05, 4.69) is 39.9 Å². The second-order valence-electron chi connectivity index (χ2n) is 6.60. The Morgan fingerprint density at radius 2 is 2.04 bits per heavy atom. The molecule has 0 aliphatic carbocycles. The van der Waals surface area contributed by atoms with Crippen molar-refractivity contribution >= 4 is 11.9 Å². The SMILES string of the molecule is CCc1ccc(C2C(C(=O)OCC(C)C)=C(C)Nc3nnnn32)cc1. The predicted octanol–water partition coefficient (Wildman–Crippen LogP) is 2.72. The molecular formula is C18H23N5O2. The van der Waals surface area contributed by atoms with Gasteiger partial charge in [0.2, 0.25) is 5.95 Å². The van der Waals surface area contributed by atoms with Crippen LogP contribution < -0.4 is 5.32 Å². The molecule has 132 valence electrons. The monoisotopic (exact) mass is 341 g/mol. The van der Waals surface area contributed by atoms with Crippen molar-refractivity contribution in [3.05, 3.63) is 46.7 Å². The number of nitrogens with one attached hydrogen (secondary N) is 1. The summed E-state index contributed by atoms with van der Waals surface area (Å²) in [7, 11) is 0. The predicted molar refractivity (Wildman–Crippen MR) is 93.9 cm³/mol. The lowest BCUT2D eigenvalue weighted by Crippen LogP contribution is -2.30. The first kappa shape index (κ1) is 17.1. The molecule has 0 bridgehead atoms. The number of hydrogen-bond donors (Lipinski definition) is 1. The number of aromatic nitrogens is 4. The summed E-state index contributed by atoms with van der Waals surface area (Å²) in [5.41, 5.74) is 3.42. The third-order valence-electron chi connectivity index (χ3n) is 4.19. The van der Waals surface area contributed by atoms with Crippen LogP contribution in [0.15, 0.2) is 35.5 Å². The van der Waals surface area contributed by atoms with Crippen molar-refractivity contribution in [3.63, 3.8) is 0 Å². The van der Waals surface area contributed by atoms with E-state index >= 15 is 0 Å². The van der Waals surface area contributed by atoms with Gasteiger partial charge in [0, 0.05) is 5.70 Å². The number of fused-ring (bicyclic) bond motifs is 1. The van der Waals surface area contributed by atoms with Crippen LogP contribution in [0.3, 0.4) is 0 Å². The van der Waals surface area contributed by atoms with Gasteiger partial charge >= 0.3 is 5.97 Å². The van der Waals surface area contributed by atoms with Gasteiger partial charge in [-0.2, -0.15) is 4.68 Å². The first-order valence-electron chi connectivity index (χ1n) is 8.52. The zero-order chi connectivity index (χ0) is 18.0. The molecule has 7 heteroatoms. The third-order valence-corrected chi connectivity index (χ3v) is 4.19. The van der Waals surface area contributed by atoms with Crippen molar-refractivity contribution in [2.24, 2.45) is 5.92 Å². The number of allylic oxidation sites excluding steroid dienone is 1. The van der Waals surface area contributed by atoms with Crippen LogP contribution in [0.25, 0.3) is 0 Å². The maximum atomic E-state index is 12.7. The third kappa shape index (κ3) is 3.40. The number of aryl methyl sites for hydroxylation is 1. The molecule has 1 aromatic carbocycles. The van der Waals surface area contributed by atoms with E-state index in [0.717, 1.165) is 12.0 Å². The number of nitrogens with zero attached hydrogens (tertiary/aromatic N) is 4. The average molecular weight is 341 g/mol. The van der Waals surface area contributed by atoms with Gasteiger partial charge in [0.05, 0.1) is 12.2 Å². The van der Waals surface area contributed by atoms with E-state index in [1.54, 1.807) is 4.68 Å². The van der Waals surface area contributed by atoms with Gasteiger partial charge in [-0.05, 0) is 40.8 Å². The van der Waals surface area contributed by atoms with E-state index in [4.69, 9.17) is 4.74 Å². The Morgan fingerprint density at radius 1 is 1.32 bits per heavy atom. The van der Waals surface area contributed by atoms with Gasteiger partial charge in [-0.3, -0.25) is 0 Å². The molecule has 1 aliphatic rings. The number of ether oxygens (including phenoxy) is 1. The lowest BCUT2D eigenvalue weighted by molar-refractivity contribution is -0.140. The van der Waals surface area contributed by atoms with Gasteiger partial charge in [-0.25, -0.2) is 4.79 Å². The molecule has 0 saturated carbocycles. The van der Waals surface area contributed by atoms with Crippen LogP contribution in [0.2, 0.25) is 0 Å². The molecule has 3 rings (SSSR count). The van der Waals surface area contributed by atoms with Crippen LogP contribution in [0.1, 0.15) is 44.9 Å². The van der Waals surface area contributed by atoms with Crippen molar-refractivity contribution in [1.82, 2.24) is 20.2 Å². The van der Waals surface area contributed by atoms with Crippen molar-refractivity contribution < 1.29 is 9.53 Å². The first-order valence-corrected chi connectivity index (χ1v) is 8.52. The maximum absolute atomic E-state index is 12.7. The van der Waals surface area contributed by atoms with Crippen LogP contribution in [-0.4, -0.2) is 32.8 Å². The van der Waals surface area contributed by atoms with Crippen molar-refractivity contribution in [2.75, 3.05) is 11.9 Å². The van der Waals surface area contributed by atoms with E-state index in [1.807, 2.05) is 32.9 Å². The molecule has 25 heavy (non-hydrogen) atoms. The normalized spacial score (nSPS) is 16.6. The Hall–Kier alpha value is -2.70. The van der Waals surface area contributed by atoms with Crippen molar-refractivity contribution in [1.29, 1.82) is 0 Å². The van der Waals surface area contributed by atoms with Crippen LogP contribution in [0, 0.1) is 5.92 Å². The lowest BCUT2D eigenvalue weighted by atomic mass is 9.95. The lowest BCUT2D eigenvalue weighted by Gasteiger charge is -2.27. The first-order chi connectivity index (χ1) is 12.0. The van der Waals surface area contributed by atoms with Crippen molar-refractivity contribution in [3.8, 4) is 0 Å². The Kier molecular flexibility index (Phi) is 4.83. The van der Waals surface area contributed by atoms with E-state index in [-0.39, 0.29) is 11.9 Å². The highest BCUT2D eigenvalue weighted by molar-refractivity contribution is 5.92. The Morgan fingerprint density at radius 3 is 2.68 bits per heavy atom. The quantitative estimate of drug-likeness (QED) is 0.842.